The lowest BCUT2D eigenvalue weighted by Crippen LogP contribution is -2.28. The highest BCUT2D eigenvalue weighted by atomic mass is 31.2. The highest BCUT2D eigenvalue weighted by Crippen LogP contribution is 2.53. The average Bonchev–Trinajstić information content (AvgIpc) is 2.61. The molecule has 3 unspecified atom stereocenters. The standard InChI is InChI=1S/C21H31O8P/c1-15(20(26)28-12-16-8-6-5-7-9-16)13-30(27,29-21(2,3)4)14-17(19(24)25)10-11-18(22)23/h5-9,15,17H,10-14H2,1-4H3,(H,22,23)(H,24,25). The molecule has 30 heavy (non-hydrogen) atoms. The average molecular weight is 442 g/mol. The zero-order valence-electron chi connectivity index (χ0n) is 17.9. The fraction of sp³-hybridized carbons (Fsp3) is 0.571. The van der Waals surface area contributed by atoms with Gasteiger partial charge in [-0.3, -0.25) is 18.9 Å². The Morgan fingerprint density at radius 3 is 2.17 bits per heavy atom. The van der Waals surface area contributed by atoms with Crippen LogP contribution in [0.4, 0.5) is 0 Å². The van der Waals surface area contributed by atoms with Gasteiger partial charge in [0.1, 0.15) is 6.61 Å². The fourth-order valence-electron chi connectivity index (χ4n) is 2.94. The van der Waals surface area contributed by atoms with E-state index in [0.29, 0.717) is 0 Å². The van der Waals surface area contributed by atoms with Crippen LogP contribution in [0.5, 0.6) is 0 Å². The van der Waals surface area contributed by atoms with Gasteiger partial charge in [-0.15, -0.1) is 0 Å². The Morgan fingerprint density at radius 2 is 1.67 bits per heavy atom. The summed E-state index contributed by atoms with van der Waals surface area (Å²) in [7, 11) is -3.59. The van der Waals surface area contributed by atoms with Gasteiger partial charge >= 0.3 is 17.9 Å². The molecule has 1 rings (SSSR count). The molecule has 9 heteroatoms. The van der Waals surface area contributed by atoms with Gasteiger partial charge in [0.05, 0.1) is 17.4 Å². The third-order valence-corrected chi connectivity index (χ3v) is 7.15. The molecular weight excluding hydrogens is 411 g/mol. The van der Waals surface area contributed by atoms with Crippen LogP contribution in [0.25, 0.3) is 0 Å². The number of carbonyl (C=O) groups is 3. The molecule has 0 aliphatic carbocycles. The molecule has 8 nitrogen and oxygen atoms in total. The number of carbonyl (C=O) groups excluding carboxylic acids is 1. The van der Waals surface area contributed by atoms with Crippen LogP contribution in [-0.4, -0.2) is 46.0 Å². The van der Waals surface area contributed by atoms with Gasteiger partial charge in [0, 0.05) is 18.7 Å². The largest absolute Gasteiger partial charge is 0.481 e. The van der Waals surface area contributed by atoms with E-state index in [0.717, 1.165) is 5.56 Å². The van der Waals surface area contributed by atoms with Crippen LogP contribution >= 0.6 is 7.37 Å². The molecule has 0 aliphatic rings. The fourth-order valence-corrected chi connectivity index (χ4v) is 6.23. The molecule has 1 aromatic rings. The third-order valence-electron chi connectivity index (χ3n) is 4.17. The molecule has 0 fully saturated rings. The van der Waals surface area contributed by atoms with E-state index in [2.05, 4.69) is 0 Å². The van der Waals surface area contributed by atoms with Gasteiger partial charge in [-0.1, -0.05) is 37.3 Å². The Kier molecular flexibility index (Phi) is 9.72. The first-order valence-corrected chi connectivity index (χ1v) is 11.7. The number of hydrogen-bond donors (Lipinski definition) is 2. The molecule has 0 spiro atoms. The predicted octanol–water partition coefficient (Wildman–Crippen LogP) is 4.02. The topological polar surface area (TPSA) is 127 Å². The molecule has 0 saturated heterocycles. The Morgan fingerprint density at radius 1 is 1.07 bits per heavy atom. The minimum Gasteiger partial charge on any atom is -0.481 e. The minimum atomic E-state index is -3.59. The molecular formula is C21H31O8P. The second-order valence-electron chi connectivity index (χ2n) is 8.35. The van der Waals surface area contributed by atoms with Crippen molar-refractivity contribution in [2.45, 2.75) is 52.7 Å². The van der Waals surface area contributed by atoms with Gasteiger partial charge in [0.2, 0.25) is 7.37 Å². The van der Waals surface area contributed by atoms with Crippen LogP contribution in [0.2, 0.25) is 0 Å². The third kappa shape index (κ3) is 10.0. The molecule has 0 bridgehead atoms. The Bertz CT molecular complexity index is 769. The number of rotatable bonds is 12. The number of ether oxygens (including phenoxy) is 1. The summed E-state index contributed by atoms with van der Waals surface area (Å²) >= 11 is 0. The Labute approximate surface area is 177 Å². The van der Waals surface area contributed by atoms with Crippen LogP contribution in [0.15, 0.2) is 30.3 Å². The summed E-state index contributed by atoms with van der Waals surface area (Å²) in [5.74, 6) is -4.87. The van der Waals surface area contributed by atoms with E-state index in [9.17, 15) is 24.1 Å². The number of hydrogen-bond acceptors (Lipinski definition) is 6. The Hall–Kier alpha value is -2.18. The first kappa shape index (κ1) is 25.9. The lowest BCUT2D eigenvalue weighted by molar-refractivity contribution is -0.148. The molecule has 0 saturated carbocycles. The zero-order valence-corrected chi connectivity index (χ0v) is 18.8. The summed E-state index contributed by atoms with van der Waals surface area (Å²) < 4.78 is 24.6. The van der Waals surface area contributed by atoms with Crippen molar-refractivity contribution in [3.05, 3.63) is 35.9 Å². The second-order valence-corrected chi connectivity index (χ2v) is 10.9. The highest BCUT2D eigenvalue weighted by Gasteiger charge is 2.38. The van der Waals surface area contributed by atoms with Crippen LogP contribution in [0.1, 0.15) is 46.1 Å². The van der Waals surface area contributed by atoms with Gasteiger partial charge < -0.3 is 19.5 Å². The molecule has 0 amide bonds. The van der Waals surface area contributed by atoms with Crippen molar-refractivity contribution in [3.63, 3.8) is 0 Å². The van der Waals surface area contributed by atoms with E-state index in [1.54, 1.807) is 27.7 Å². The van der Waals surface area contributed by atoms with Crippen LogP contribution in [0.3, 0.4) is 0 Å². The minimum absolute atomic E-state index is 0.0742. The maximum atomic E-state index is 13.5. The summed E-state index contributed by atoms with van der Waals surface area (Å²) in [5, 5.41) is 18.3. The lowest BCUT2D eigenvalue weighted by Gasteiger charge is -2.30. The van der Waals surface area contributed by atoms with Crippen molar-refractivity contribution in [2.75, 3.05) is 12.3 Å². The lowest BCUT2D eigenvalue weighted by atomic mass is 10.1. The smallest absolute Gasteiger partial charge is 0.309 e. The first-order chi connectivity index (χ1) is 13.8. The number of esters is 1. The van der Waals surface area contributed by atoms with Gasteiger partial charge in [-0.05, 0) is 32.8 Å². The zero-order chi connectivity index (χ0) is 22.9. The predicted molar refractivity (Wildman–Crippen MR) is 112 cm³/mol. The summed E-state index contributed by atoms with van der Waals surface area (Å²) in [4.78, 5) is 34.8. The van der Waals surface area contributed by atoms with Crippen molar-refractivity contribution >= 4 is 25.3 Å². The quantitative estimate of drug-likeness (QED) is 0.367. The summed E-state index contributed by atoms with van der Waals surface area (Å²) in [6.07, 6.45) is -1.06. The van der Waals surface area contributed by atoms with Crippen molar-refractivity contribution in [3.8, 4) is 0 Å². The second kappa shape index (κ2) is 11.3. The number of carboxylic acids is 2. The summed E-state index contributed by atoms with van der Waals surface area (Å²) in [6.45, 7) is 6.69. The molecule has 0 heterocycles. The molecule has 0 aliphatic heterocycles. The van der Waals surface area contributed by atoms with E-state index in [4.69, 9.17) is 14.4 Å². The summed E-state index contributed by atoms with van der Waals surface area (Å²) in [6, 6.07) is 9.11. The van der Waals surface area contributed by atoms with Crippen molar-refractivity contribution in [2.24, 2.45) is 11.8 Å². The van der Waals surface area contributed by atoms with Gasteiger partial charge in [-0.25, -0.2) is 0 Å². The van der Waals surface area contributed by atoms with Crippen molar-refractivity contribution < 1.29 is 38.4 Å². The summed E-state index contributed by atoms with van der Waals surface area (Å²) in [5.41, 5.74) is -0.0224. The number of benzene rings is 1. The molecule has 0 radical (unpaired) electrons. The van der Waals surface area contributed by atoms with Gasteiger partial charge in [0.25, 0.3) is 0 Å². The maximum absolute atomic E-state index is 13.5. The SMILES string of the molecule is CC(CP(=O)(CC(CCC(=O)O)C(=O)O)OC(C)(C)C)C(=O)OCc1ccccc1. The van der Waals surface area contributed by atoms with Crippen LogP contribution < -0.4 is 0 Å². The van der Waals surface area contributed by atoms with E-state index >= 15 is 0 Å². The normalized spacial score (nSPS) is 15.6. The van der Waals surface area contributed by atoms with Gasteiger partial charge in [0.15, 0.2) is 0 Å². The molecule has 0 aromatic heterocycles. The van der Waals surface area contributed by atoms with E-state index in [1.807, 2.05) is 30.3 Å². The molecule has 168 valence electrons. The maximum Gasteiger partial charge on any atom is 0.309 e. The van der Waals surface area contributed by atoms with E-state index in [1.165, 1.54) is 0 Å². The van der Waals surface area contributed by atoms with Gasteiger partial charge in [-0.2, -0.15) is 0 Å². The molecule has 2 N–H and O–H groups in total. The number of aliphatic carboxylic acids is 2. The first-order valence-electron chi connectivity index (χ1n) is 9.75. The van der Waals surface area contributed by atoms with E-state index < -0.39 is 42.7 Å². The van der Waals surface area contributed by atoms with Crippen LogP contribution in [-0.2, 0) is 34.8 Å². The van der Waals surface area contributed by atoms with Crippen molar-refractivity contribution in [1.29, 1.82) is 0 Å². The highest BCUT2D eigenvalue weighted by molar-refractivity contribution is 7.59. The monoisotopic (exact) mass is 442 g/mol. The van der Waals surface area contributed by atoms with E-state index in [-0.39, 0.29) is 31.8 Å². The molecule has 1 aromatic carbocycles. The van der Waals surface area contributed by atoms with Crippen molar-refractivity contribution in [1.82, 2.24) is 0 Å². The molecule has 3 atom stereocenters. The van der Waals surface area contributed by atoms with Crippen LogP contribution in [0, 0.1) is 11.8 Å². The number of carboxylic acid groups (broad SMARTS) is 2. The Balaban J connectivity index is 2.88.